The van der Waals surface area contributed by atoms with Crippen molar-refractivity contribution < 1.29 is 4.39 Å². The second-order valence-corrected chi connectivity index (χ2v) is 5.39. The molecule has 3 N–H and O–H groups in total. The summed E-state index contributed by atoms with van der Waals surface area (Å²) in [4.78, 5) is 1.28. The quantitative estimate of drug-likeness (QED) is 0.649. The highest BCUT2D eigenvalue weighted by Crippen LogP contribution is 2.28. The monoisotopic (exact) mass is 284 g/mol. The number of nitrogens with one attached hydrogen (secondary N) is 1. The number of thiophene rings is 1. The number of halogens is 2. The Morgan fingerprint density at radius 1 is 1.33 bits per heavy atom. The molecule has 1 aromatic heterocycles. The van der Waals surface area contributed by atoms with Crippen LogP contribution in [0.2, 0.25) is 5.02 Å². The van der Waals surface area contributed by atoms with E-state index in [4.69, 9.17) is 17.4 Å². The summed E-state index contributed by atoms with van der Waals surface area (Å²) in [5.41, 5.74) is 3.41. The highest BCUT2D eigenvalue weighted by Gasteiger charge is 2.15. The molecule has 0 saturated heterocycles. The number of aryl methyl sites for hydroxylation is 1. The summed E-state index contributed by atoms with van der Waals surface area (Å²) in [7, 11) is 0. The molecule has 2 rings (SSSR count). The smallest absolute Gasteiger partial charge is 0.142 e. The zero-order valence-electron chi connectivity index (χ0n) is 9.70. The SMILES string of the molecule is NNC(CCc1cccs1)c1cccc(F)c1Cl. The predicted molar refractivity (Wildman–Crippen MR) is 74.1 cm³/mol. The molecular formula is C13H14ClFN2S. The lowest BCUT2D eigenvalue weighted by molar-refractivity contribution is 0.513. The van der Waals surface area contributed by atoms with Gasteiger partial charge in [-0.2, -0.15) is 0 Å². The number of hydrazine groups is 1. The Morgan fingerprint density at radius 3 is 2.83 bits per heavy atom. The molecule has 0 fully saturated rings. The van der Waals surface area contributed by atoms with Gasteiger partial charge in [0.15, 0.2) is 0 Å². The van der Waals surface area contributed by atoms with Crippen LogP contribution in [0.15, 0.2) is 35.7 Å². The van der Waals surface area contributed by atoms with E-state index in [1.165, 1.54) is 10.9 Å². The van der Waals surface area contributed by atoms with Crippen LogP contribution in [-0.2, 0) is 6.42 Å². The van der Waals surface area contributed by atoms with Gasteiger partial charge in [-0.15, -0.1) is 11.3 Å². The third-order valence-electron chi connectivity index (χ3n) is 2.82. The molecule has 2 nitrogen and oxygen atoms in total. The van der Waals surface area contributed by atoms with Crippen molar-refractivity contribution in [2.45, 2.75) is 18.9 Å². The fourth-order valence-corrected chi connectivity index (χ4v) is 2.84. The van der Waals surface area contributed by atoms with E-state index in [0.717, 1.165) is 12.8 Å². The van der Waals surface area contributed by atoms with Crippen molar-refractivity contribution in [2.75, 3.05) is 0 Å². The van der Waals surface area contributed by atoms with Crippen LogP contribution in [0.5, 0.6) is 0 Å². The van der Waals surface area contributed by atoms with E-state index in [9.17, 15) is 4.39 Å². The molecule has 1 aromatic carbocycles. The Labute approximate surface area is 115 Å². The van der Waals surface area contributed by atoms with Gasteiger partial charge in [0.05, 0.1) is 5.02 Å². The van der Waals surface area contributed by atoms with Gasteiger partial charge in [-0.1, -0.05) is 29.8 Å². The number of nitrogens with two attached hydrogens (primary N) is 1. The zero-order valence-corrected chi connectivity index (χ0v) is 11.3. The summed E-state index contributed by atoms with van der Waals surface area (Å²) < 4.78 is 13.4. The Bertz CT molecular complexity index is 502. The average Bonchev–Trinajstić information content (AvgIpc) is 2.88. The third-order valence-corrected chi connectivity index (χ3v) is 4.15. The van der Waals surface area contributed by atoms with E-state index in [1.54, 1.807) is 23.5 Å². The van der Waals surface area contributed by atoms with Crippen LogP contribution >= 0.6 is 22.9 Å². The van der Waals surface area contributed by atoms with Gasteiger partial charge in [-0.25, -0.2) is 4.39 Å². The van der Waals surface area contributed by atoms with Crippen LogP contribution in [0.25, 0.3) is 0 Å². The molecule has 2 aromatic rings. The fraction of sp³-hybridized carbons (Fsp3) is 0.231. The molecular weight excluding hydrogens is 271 g/mol. The van der Waals surface area contributed by atoms with Gasteiger partial charge in [0.25, 0.3) is 0 Å². The molecule has 1 unspecified atom stereocenters. The van der Waals surface area contributed by atoms with Gasteiger partial charge < -0.3 is 0 Å². The van der Waals surface area contributed by atoms with Crippen molar-refractivity contribution in [1.29, 1.82) is 0 Å². The minimum Gasteiger partial charge on any atom is -0.271 e. The Balaban J connectivity index is 2.10. The van der Waals surface area contributed by atoms with Gasteiger partial charge in [-0.3, -0.25) is 11.3 Å². The summed E-state index contributed by atoms with van der Waals surface area (Å²) in [6, 6.07) is 8.73. The molecule has 0 saturated carbocycles. The number of rotatable bonds is 5. The zero-order chi connectivity index (χ0) is 13.0. The van der Waals surface area contributed by atoms with Crippen LogP contribution in [0.3, 0.4) is 0 Å². The van der Waals surface area contributed by atoms with Gasteiger partial charge in [0.1, 0.15) is 5.82 Å². The molecule has 1 heterocycles. The van der Waals surface area contributed by atoms with E-state index in [0.29, 0.717) is 5.56 Å². The summed E-state index contributed by atoms with van der Waals surface area (Å²) in [6.07, 6.45) is 1.67. The third kappa shape index (κ3) is 3.09. The fourth-order valence-electron chi connectivity index (χ4n) is 1.86. The minimum absolute atomic E-state index is 0.143. The normalized spacial score (nSPS) is 12.6. The summed E-state index contributed by atoms with van der Waals surface area (Å²) in [5.74, 6) is 5.12. The van der Waals surface area contributed by atoms with Crippen LogP contribution in [0.4, 0.5) is 4.39 Å². The molecule has 0 aliphatic carbocycles. The first kappa shape index (κ1) is 13.5. The van der Waals surface area contributed by atoms with Crippen molar-refractivity contribution in [3.63, 3.8) is 0 Å². The Kier molecular flexibility index (Phi) is 4.72. The molecule has 96 valence electrons. The van der Waals surface area contributed by atoms with E-state index in [1.807, 2.05) is 11.4 Å². The molecule has 0 amide bonds. The topological polar surface area (TPSA) is 38.0 Å². The van der Waals surface area contributed by atoms with Crippen molar-refractivity contribution >= 4 is 22.9 Å². The predicted octanol–water partition coefficient (Wildman–Crippen LogP) is 3.68. The highest BCUT2D eigenvalue weighted by atomic mass is 35.5. The first-order valence-electron chi connectivity index (χ1n) is 5.64. The second kappa shape index (κ2) is 6.29. The standard InChI is InChI=1S/C13H14ClFN2S/c14-13-10(4-1-5-11(13)15)12(17-16)7-6-9-3-2-8-18-9/h1-5,8,12,17H,6-7,16H2. The summed E-state index contributed by atoms with van der Waals surface area (Å²) in [5, 5.41) is 2.18. The lowest BCUT2D eigenvalue weighted by atomic mass is 10.0. The van der Waals surface area contributed by atoms with E-state index >= 15 is 0 Å². The first-order chi connectivity index (χ1) is 8.72. The molecule has 5 heteroatoms. The van der Waals surface area contributed by atoms with Crippen molar-refractivity contribution in [3.05, 3.63) is 57.0 Å². The maximum atomic E-state index is 13.4. The highest BCUT2D eigenvalue weighted by molar-refractivity contribution is 7.09. The van der Waals surface area contributed by atoms with Gasteiger partial charge in [0, 0.05) is 10.9 Å². The Hall–Kier alpha value is -0.940. The van der Waals surface area contributed by atoms with E-state index in [2.05, 4.69) is 11.5 Å². The van der Waals surface area contributed by atoms with Crippen molar-refractivity contribution in [2.24, 2.45) is 5.84 Å². The van der Waals surface area contributed by atoms with Crippen LogP contribution in [0, 0.1) is 5.82 Å². The minimum atomic E-state index is -0.412. The maximum absolute atomic E-state index is 13.4. The van der Waals surface area contributed by atoms with Crippen molar-refractivity contribution in [1.82, 2.24) is 5.43 Å². The molecule has 1 atom stereocenters. The molecule has 0 bridgehead atoms. The summed E-state index contributed by atoms with van der Waals surface area (Å²) in [6.45, 7) is 0. The molecule has 0 aliphatic heterocycles. The maximum Gasteiger partial charge on any atom is 0.142 e. The van der Waals surface area contributed by atoms with Crippen molar-refractivity contribution in [3.8, 4) is 0 Å². The lowest BCUT2D eigenvalue weighted by Gasteiger charge is -2.17. The molecule has 18 heavy (non-hydrogen) atoms. The number of benzene rings is 1. The lowest BCUT2D eigenvalue weighted by Crippen LogP contribution is -2.28. The van der Waals surface area contributed by atoms with Crippen LogP contribution < -0.4 is 11.3 Å². The average molecular weight is 285 g/mol. The number of hydrogen-bond acceptors (Lipinski definition) is 3. The van der Waals surface area contributed by atoms with Gasteiger partial charge >= 0.3 is 0 Å². The molecule has 0 spiro atoms. The number of hydrogen-bond donors (Lipinski definition) is 2. The Morgan fingerprint density at radius 2 is 2.17 bits per heavy atom. The first-order valence-corrected chi connectivity index (χ1v) is 6.90. The van der Waals surface area contributed by atoms with Gasteiger partial charge in [0.2, 0.25) is 0 Å². The largest absolute Gasteiger partial charge is 0.271 e. The molecule has 0 aliphatic rings. The van der Waals surface area contributed by atoms with Crippen LogP contribution in [-0.4, -0.2) is 0 Å². The van der Waals surface area contributed by atoms with Gasteiger partial charge in [-0.05, 0) is 35.9 Å². The molecule has 0 radical (unpaired) electrons. The summed E-state index contributed by atoms with van der Waals surface area (Å²) >= 11 is 7.66. The van der Waals surface area contributed by atoms with Crippen LogP contribution in [0.1, 0.15) is 22.9 Å². The second-order valence-electron chi connectivity index (χ2n) is 3.98. The van der Waals surface area contributed by atoms with E-state index in [-0.39, 0.29) is 11.1 Å². The van der Waals surface area contributed by atoms with E-state index < -0.39 is 5.82 Å².